The summed E-state index contributed by atoms with van der Waals surface area (Å²) in [5, 5.41) is 6.81. The molecule has 0 aliphatic carbocycles. The van der Waals surface area contributed by atoms with Crippen LogP contribution in [0.4, 0.5) is 0 Å². The van der Waals surface area contributed by atoms with Gasteiger partial charge in [0.15, 0.2) is 0 Å². The standard InChI is InChI=1S/C24H24N4O2/c1-15-7-6-8-16(11-15)13-25-27-14-21(29)28-20(23(27)30)12-18-17-9-4-5-10-19(17)26-22(18)24(28,2)3/h4-11,13,20,26H,12,14H2,1-3H3/b25-13-/t20-/m0/s1. The number of fused-ring (bicyclic) bond motifs is 4. The number of H-pyrrole nitrogens is 1. The monoisotopic (exact) mass is 400 g/mol. The molecule has 0 spiro atoms. The van der Waals surface area contributed by atoms with Crippen LogP contribution < -0.4 is 0 Å². The fraction of sp³-hybridized carbons (Fsp3) is 0.292. The van der Waals surface area contributed by atoms with Crippen molar-refractivity contribution < 1.29 is 9.59 Å². The van der Waals surface area contributed by atoms with E-state index in [2.05, 4.69) is 16.2 Å². The molecule has 2 aliphatic heterocycles. The summed E-state index contributed by atoms with van der Waals surface area (Å²) in [5.41, 5.74) is 4.58. The van der Waals surface area contributed by atoms with Crippen LogP contribution in [0.25, 0.3) is 10.9 Å². The smallest absolute Gasteiger partial charge is 0.266 e. The molecule has 6 heteroatoms. The summed E-state index contributed by atoms with van der Waals surface area (Å²) in [7, 11) is 0. The van der Waals surface area contributed by atoms with E-state index in [1.165, 1.54) is 5.01 Å². The minimum Gasteiger partial charge on any atom is -0.356 e. The number of rotatable bonds is 2. The Morgan fingerprint density at radius 3 is 2.73 bits per heavy atom. The number of piperazine rings is 1. The Morgan fingerprint density at radius 2 is 1.93 bits per heavy atom. The third-order valence-corrected chi connectivity index (χ3v) is 6.22. The molecule has 2 aliphatic rings. The van der Waals surface area contributed by atoms with E-state index in [9.17, 15) is 9.59 Å². The van der Waals surface area contributed by atoms with Gasteiger partial charge in [0.1, 0.15) is 12.6 Å². The SMILES string of the molecule is Cc1cccc(/C=N\N2CC(=O)N3[C@@H](Cc4c([nH]c5ccccc45)C3(C)C)C2=O)c1. The van der Waals surface area contributed by atoms with E-state index in [0.717, 1.165) is 33.3 Å². The number of para-hydroxylation sites is 1. The van der Waals surface area contributed by atoms with Gasteiger partial charge in [0.25, 0.3) is 5.91 Å². The molecule has 0 bridgehead atoms. The Balaban J connectivity index is 1.52. The second kappa shape index (κ2) is 6.55. The van der Waals surface area contributed by atoms with Crippen molar-refractivity contribution in [2.75, 3.05) is 6.54 Å². The first kappa shape index (κ1) is 18.6. The molecule has 2 amide bonds. The van der Waals surface area contributed by atoms with Crippen molar-refractivity contribution in [1.29, 1.82) is 0 Å². The van der Waals surface area contributed by atoms with Crippen molar-refractivity contribution in [3.05, 3.63) is 70.9 Å². The molecule has 0 radical (unpaired) electrons. The number of carbonyl (C=O) groups excluding carboxylic acids is 2. The number of aromatic amines is 1. The van der Waals surface area contributed by atoms with Crippen molar-refractivity contribution in [1.82, 2.24) is 14.9 Å². The highest BCUT2D eigenvalue weighted by molar-refractivity contribution is 5.98. The number of nitrogens with zero attached hydrogens (tertiary/aromatic N) is 3. The second-order valence-electron chi connectivity index (χ2n) is 8.62. The Hall–Kier alpha value is -3.41. The molecule has 1 atom stereocenters. The van der Waals surface area contributed by atoms with Crippen LogP contribution >= 0.6 is 0 Å². The van der Waals surface area contributed by atoms with Crippen molar-refractivity contribution in [2.45, 2.75) is 38.8 Å². The molecule has 5 rings (SSSR count). The first-order valence-electron chi connectivity index (χ1n) is 10.2. The van der Waals surface area contributed by atoms with Gasteiger partial charge in [-0.2, -0.15) is 5.10 Å². The van der Waals surface area contributed by atoms with E-state index < -0.39 is 11.6 Å². The minimum absolute atomic E-state index is 0.0450. The Labute approximate surface area is 175 Å². The lowest BCUT2D eigenvalue weighted by Crippen LogP contribution is -2.66. The number of benzene rings is 2. The summed E-state index contributed by atoms with van der Waals surface area (Å²) in [6, 6.07) is 15.4. The average Bonchev–Trinajstić information content (AvgIpc) is 3.09. The Kier molecular flexibility index (Phi) is 4.07. The summed E-state index contributed by atoms with van der Waals surface area (Å²) in [6.45, 7) is 5.97. The molecule has 1 fully saturated rings. The molecule has 2 aromatic carbocycles. The van der Waals surface area contributed by atoms with E-state index in [1.54, 1.807) is 11.1 Å². The molecule has 1 aromatic heterocycles. The van der Waals surface area contributed by atoms with E-state index in [0.29, 0.717) is 6.42 Å². The normalized spacial score (nSPS) is 20.7. The molecule has 0 saturated carbocycles. The maximum atomic E-state index is 13.4. The number of amides is 2. The lowest BCUT2D eigenvalue weighted by Gasteiger charge is -2.50. The van der Waals surface area contributed by atoms with Gasteiger partial charge in [-0.25, -0.2) is 5.01 Å². The number of nitrogens with one attached hydrogen (secondary N) is 1. The molecule has 152 valence electrons. The lowest BCUT2D eigenvalue weighted by atomic mass is 9.82. The Morgan fingerprint density at radius 1 is 1.13 bits per heavy atom. The van der Waals surface area contributed by atoms with Gasteiger partial charge in [0.05, 0.1) is 11.8 Å². The number of hydrogen-bond acceptors (Lipinski definition) is 3. The predicted octanol–water partition coefficient (Wildman–Crippen LogP) is 3.34. The van der Waals surface area contributed by atoms with Crippen molar-refractivity contribution in [3.8, 4) is 0 Å². The zero-order chi connectivity index (χ0) is 21.0. The zero-order valence-electron chi connectivity index (χ0n) is 17.3. The zero-order valence-corrected chi connectivity index (χ0v) is 17.3. The van der Waals surface area contributed by atoms with Gasteiger partial charge in [-0.05, 0) is 38.0 Å². The number of carbonyl (C=O) groups is 2. The summed E-state index contributed by atoms with van der Waals surface area (Å²) >= 11 is 0. The third kappa shape index (κ3) is 2.75. The average molecular weight is 400 g/mol. The summed E-state index contributed by atoms with van der Waals surface area (Å²) in [4.78, 5) is 31.7. The maximum Gasteiger partial charge on any atom is 0.266 e. The van der Waals surface area contributed by atoms with Gasteiger partial charge in [0, 0.05) is 23.0 Å². The molecule has 0 unspecified atom stereocenters. The molecule has 30 heavy (non-hydrogen) atoms. The first-order valence-corrected chi connectivity index (χ1v) is 10.2. The largest absolute Gasteiger partial charge is 0.356 e. The minimum atomic E-state index is -0.601. The lowest BCUT2D eigenvalue weighted by molar-refractivity contribution is -0.163. The van der Waals surface area contributed by atoms with E-state index in [-0.39, 0.29) is 18.4 Å². The van der Waals surface area contributed by atoms with Crippen LogP contribution in [0, 0.1) is 6.92 Å². The van der Waals surface area contributed by atoms with Gasteiger partial charge in [0.2, 0.25) is 5.91 Å². The molecular formula is C24H24N4O2. The van der Waals surface area contributed by atoms with Crippen LogP contribution in [0.3, 0.4) is 0 Å². The topological polar surface area (TPSA) is 68.8 Å². The molecule has 3 aromatic rings. The highest BCUT2D eigenvalue weighted by Crippen LogP contribution is 2.42. The predicted molar refractivity (Wildman–Crippen MR) is 116 cm³/mol. The van der Waals surface area contributed by atoms with E-state index in [1.807, 2.05) is 63.2 Å². The quantitative estimate of drug-likeness (QED) is 0.671. The maximum absolute atomic E-state index is 13.4. The van der Waals surface area contributed by atoms with Crippen LogP contribution in [0.15, 0.2) is 53.6 Å². The summed E-state index contributed by atoms with van der Waals surface area (Å²) in [5.74, 6) is -0.224. The van der Waals surface area contributed by atoms with Gasteiger partial charge < -0.3 is 9.88 Å². The van der Waals surface area contributed by atoms with Crippen molar-refractivity contribution in [2.24, 2.45) is 5.10 Å². The van der Waals surface area contributed by atoms with E-state index in [4.69, 9.17) is 0 Å². The van der Waals surface area contributed by atoms with Crippen LogP contribution in [0.1, 0.15) is 36.2 Å². The summed E-state index contributed by atoms with van der Waals surface area (Å²) < 4.78 is 0. The van der Waals surface area contributed by atoms with E-state index >= 15 is 0 Å². The highest BCUT2D eigenvalue weighted by atomic mass is 16.2. The van der Waals surface area contributed by atoms with Crippen LogP contribution in [-0.2, 0) is 21.5 Å². The van der Waals surface area contributed by atoms with Gasteiger partial charge in [-0.15, -0.1) is 0 Å². The van der Waals surface area contributed by atoms with Crippen LogP contribution in [0.5, 0.6) is 0 Å². The second-order valence-corrected chi connectivity index (χ2v) is 8.62. The first-order chi connectivity index (χ1) is 14.4. The molecular weight excluding hydrogens is 376 g/mol. The number of aromatic nitrogens is 1. The van der Waals surface area contributed by atoms with Gasteiger partial charge in [-0.1, -0.05) is 48.0 Å². The molecule has 3 heterocycles. The fourth-order valence-corrected chi connectivity index (χ4v) is 4.85. The van der Waals surface area contributed by atoms with Crippen LogP contribution in [0.2, 0.25) is 0 Å². The van der Waals surface area contributed by atoms with Crippen molar-refractivity contribution in [3.63, 3.8) is 0 Å². The Bertz CT molecular complexity index is 1210. The molecule has 6 nitrogen and oxygen atoms in total. The van der Waals surface area contributed by atoms with Crippen LogP contribution in [-0.4, -0.2) is 45.5 Å². The highest BCUT2D eigenvalue weighted by Gasteiger charge is 2.51. The number of hydrazone groups is 1. The third-order valence-electron chi connectivity index (χ3n) is 6.22. The number of aryl methyl sites for hydroxylation is 1. The molecule has 1 N–H and O–H groups in total. The van der Waals surface area contributed by atoms with Gasteiger partial charge in [-0.3, -0.25) is 9.59 Å². The fourth-order valence-electron chi connectivity index (χ4n) is 4.85. The number of hydrogen-bond donors (Lipinski definition) is 1. The van der Waals surface area contributed by atoms with Gasteiger partial charge >= 0.3 is 0 Å². The summed E-state index contributed by atoms with van der Waals surface area (Å²) in [6.07, 6.45) is 2.14. The van der Waals surface area contributed by atoms with Crippen molar-refractivity contribution >= 4 is 28.9 Å². The molecule has 1 saturated heterocycles.